The van der Waals surface area contributed by atoms with Crippen molar-refractivity contribution in [3.63, 3.8) is 0 Å². The number of hydrogen-bond acceptors (Lipinski definition) is 8. The Kier molecular flexibility index (Phi) is 6.56. The maximum atomic E-state index is 13.6. The summed E-state index contributed by atoms with van der Waals surface area (Å²) in [5, 5.41) is 9.87. The van der Waals surface area contributed by atoms with Gasteiger partial charge in [0.25, 0.3) is 5.56 Å². The molecule has 1 aromatic heterocycles. The molecular formula is C25H24N2O6S. The van der Waals surface area contributed by atoms with Gasteiger partial charge < -0.3 is 19.3 Å². The molecule has 4 rings (SSSR count). The number of benzene rings is 2. The van der Waals surface area contributed by atoms with Crippen molar-refractivity contribution >= 4 is 23.4 Å². The SMILES string of the molecule is CCOC(=O)C1=C(C)N=c2s/c(=C\c3ccc(O)c(OC)c3)c(=O)n2[C@H]1c1ccc(OC)cc1. The van der Waals surface area contributed by atoms with Crippen LogP contribution in [0.25, 0.3) is 6.08 Å². The number of phenolic OH excluding ortho intramolecular Hbond substituents is 1. The molecule has 9 heteroatoms. The molecule has 1 aliphatic rings. The number of rotatable bonds is 6. The van der Waals surface area contributed by atoms with Crippen LogP contribution in [0.15, 0.2) is 63.5 Å². The van der Waals surface area contributed by atoms with Crippen molar-refractivity contribution in [2.24, 2.45) is 4.99 Å². The maximum absolute atomic E-state index is 13.6. The summed E-state index contributed by atoms with van der Waals surface area (Å²) >= 11 is 1.23. The monoisotopic (exact) mass is 480 g/mol. The van der Waals surface area contributed by atoms with Gasteiger partial charge in [-0.25, -0.2) is 9.79 Å². The number of carbonyl (C=O) groups is 1. The number of aromatic hydroxyl groups is 1. The number of nitrogens with zero attached hydrogens (tertiary/aromatic N) is 2. The van der Waals surface area contributed by atoms with Crippen LogP contribution in [0.5, 0.6) is 17.2 Å². The Balaban J connectivity index is 1.93. The highest BCUT2D eigenvalue weighted by Crippen LogP contribution is 2.31. The summed E-state index contributed by atoms with van der Waals surface area (Å²) in [6.07, 6.45) is 1.71. The number of methoxy groups -OCH3 is 2. The van der Waals surface area contributed by atoms with Crippen LogP contribution >= 0.6 is 11.3 Å². The lowest BCUT2D eigenvalue weighted by Gasteiger charge is -2.24. The van der Waals surface area contributed by atoms with Gasteiger partial charge in [0.15, 0.2) is 16.3 Å². The lowest BCUT2D eigenvalue weighted by Crippen LogP contribution is -2.39. The zero-order valence-electron chi connectivity index (χ0n) is 19.2. The molecule has 2 aromatic carbocycles. The van der Waals surface area contributed by atoms with Crippen molar-refractivity contribution < 1.29 is 24.1 Å². The minimum atomic E-state index is -0.697. The molecule has 0 aliphatic carbocycles. The van der Waals surface area contributed by atoms with E-state index in [1.54, 1.807) is 51.3 Å². The first-order chi connectivity index (χ1) is 16.4. The highest BCUT2D eigenvalue weighted by Gasteiger charge is 2.33. The fraction of sp³-hybridized carbons (Fsp3) is 0.240. The standard InChI is InChI=1S/C25H24N2O6S/c1-5-33-24(30)21-14(2)26-25-27(22(21)16-7-9-17(31-3)10-8-16)23(29)20(34-25)13-15-6-11-18(28)19(12-15)32-4/h6-13,22,28H,5H2,1-4H3/b20-13-/t22-/m0/s1. The van der Waals surface area contributed by atoms with Crippen LogP contribution < -0.4 is 24.4 Å². The fourth-order valence-corrected chi connectivity index (χ4v) is 4.88. The second kappa shape index (κ2) is 9.56. The second-order valence-electron chi connectivity index (χ2n) is 7.51. The number of thiazole rings is 1. The van der Waals surface area contributed by atoms with E-state index in [0.29, 0.717) is 37.7 Å². The number of allylic oxidation sites excluding steroid dienone is 1. The van der Waals surface area contributed by atoms with Crippen LogP contribution in [-0.4, -0.2) is 36.5 Å². The van der Waals surface area contributed by atoms with Crippen molar-refractivity contribution in [3.8, 4) is 17.2 Å². The molecule has 8 nitrogen and oxygen atoms in total. The quantitative estimate of drug-likeness (QED) is 0.545. The first-order valence-corrected chi connectivity index (χ1v) is 11.4. The number of phenols is 1. The molecule has 0 spiro atoms. The minimum absolute atomic E-state index is 0.00955. The molecule has 3 aromatic rings. The van der Waals surface area contributed by atoms with Gasteiger partial charge in [0.2, 0.25) is 0 Å². The van der Waals surface area contributed by atoms with Gasteiger partial charge >= 0.3 is 5.97 Å². The van der Waals surface area contributed by atoms with Crippen molar-refractivity contribution in [1.82, 2.24) is 4.57 Å². The predicted molar refractivity (Wildman–Crippen MR) is 128 cm³/mol. The number of aromatic nitrogens is 1. The molecule has 1 N–H and O–H groups in total. The highest BCUT2D eigenvalue weighted by atomic mass is 32.1. The van der Waals surface area contributed by atoms with Crippen LogP contribution in [0.2, 0.25) is 0 Å². The molecule has 176 valence electrons. The first-order valence-electron chi connectivity index (χ1n) is 10.6. The third-order valence-electron chi connectivity index (χ3n) is 5.45. The van der Waals surface area contributed by atoms with Gasteiger partial charge in [-0.1, -0.05) is 29.5 Å². The average Bonchev–Trinajstić information content (AvgIpc) is 3.13. The molecule has 1 atom stereocenters. The zero-order chi connectivity index (χ0) is 24.4. The van der Waals surface area contributed by atoms with E-state index in [2.05, 4.69) is 4.99 Å². The molecule has 0 bridgehead atoms. The molecule has 1 aliphatic heterocycles. The smallest absolute Gasteiger partial charge is 0.338 e. The van der Waals surface area contributed by atoms with Crippen molar-refractivity contribution in [2.45, 2.75) is 19.9 Å². The number of carbonyl (C=O) groups excluding carboxylic acids is 1. The first kappa shape index (κ1) is 23.3. The predicted octanol–water partition coefficient (Wildman–Crippen LogP) is 2.52. The maximum Gasteiger partial charge on any atom is 0.338 e. The van der Waals surface area contributed by atoms with E-state index in [1.165, 1.54) is 29.1 Å². The second-order valence-corrected chi connectivity index (χ2v) is 8.52. The Morgan fingerprint density at radius 3 is 2.56 bits per heavy atom. The molecule has 0 radical (unpaired) electrons. The third-order valence-corrected chi connectivity index (χ3v) is 6.43. The highest BCUT2D eigenvalue weighted by molar-refractivity contribution is 7.07. The molecule has 0 saturated carbocycles. The summed E-state index contributed by atoms with van der Waals surface area (Å²) in [7, 11) is 3.03. The van der Waals surface area contributed by atoms with Crippen molar-refractivity contribution in [2.75, 3.05) is 20.8 Å². The van der Waals surface area contributed by atoms with E-state index in [1.807, 2.05) is 12.1 Å². The molecule has 34 heavy (non-hydrogen) atoms. The molecule has 0 unspecified atom stereocenters. The van der Waals surface area contributed by atoms with E-state index >= 15 is 0 Å². The molecule has 2 heterocycles. The molecular weight excluding hydrogens is 456 g/mol. The van der Waals surface area contributed by atoms with Crippen LogP contribution in [0, 0.1) is 0 Å². The van der Waals surface area contributed by atoms with Gasteiger partial charge in [-0.3, -0.25) is 9.36 Å². The van der Waals surface area contributed by atoms with Gasteiger partial charge in [-0.2, -0.15) is 0 Å². The Hall–Kier alpha value is -3.85. The number of esters is 1. The van der Waals surface area contributed by atoms with Crippen LogP contribution in [0.1, 0.15) is 31.0 Å². The topological polar surface area (TPSA) is 99.4 Å². The van der Waals surface area contributed by atoms with Gasteiger partial charge in [-0.15, -0.1) is 0 Å². The lowest BCUT2D eigenvalue weighted by atomic mass is 9.96. The van der Waals surface area contributed by atoms with E-state index in [0.717, 1.165) is 5.56 Å². The van der Waals surface area contributed by atoms with E-state index in [9.17, 15) is 14.7 Å². The molecule has 0 saturated heterocycles. The summed E-state index contributed by atoms with van der Waals surface area (Å²) < 4.78 is 17.7. The summed E-state index contributed by atoms with van der Waals surface area (Å²) in [5.74, 6) is 0.464. The van der Waals surface area contributed by atoms with Crippen LogP contribution in [0.3, 0.4) is 0 Å². The number of ether oxygens (including phenoxy) is 3. The lowest BCUT2D eigenvalue weighted by molar-refractivity contribution is -0.139. The van der Waals surface area contributed by atoms with Crippen molar-refractivity contribution in [1.29, 1.82) is 0 Å². The summed E-state index contributed by atoms with van der Waals surface area (Å²) in [5.41, 5.74) is 1.95. The van der Waals surface area contributed by atoms with Gasteiger partial charge in [-0.05, 0) is 55.3 Å². The summed E-state index contributed by atoms with van der Waals surface area (Å²) in [4.78, 5) is 31.5. The number of hydrogen-bond donors (Lipinski definition) is 1. The Bertz CT molecular complexity index is 1450. The van der Waals surface area contributed by atoms with E-state index in [-0.39, 0.29) is 17.9 Å². The van der Waals surface area contributed by atoms with Gasteiger partial charge in [0, 0.05) is 0 Å². The molecule has 0 amide bonds. The van der Waals surface area contributed by atoms with Crippen molar-refractivity contribution in [3.05, 3.63) is 84.5 Å². The zero-order valence-corrected chi connectivity index (χ0v) is 20.0. The van der Waals surface area contributed by atoms with E-state index in [4.69, 9.17) is 14.2 Å². The summed E-state index contributed by atoms with van der Waals surface area (Å²) in [6, 6.07) is 11.4. The van der Waals surface area contributed by atoms with Crippen LogP contribution in [-0.2, 0) is 9.53 Å². The third kappa shape index (κ3) is 4.22. The minimum Gasteiger partial charge on any atom is -0.504 e. The van der Waals surface area contributed by atoms with Gasteiger partial charge in [0.1, 0.15) is 5.75 Å². The van der Waals surface area contributed by atoms with Gasteiger partial charge in [0.05, 0.1) is 42.7 Å². The Morgan fingerprint density at radius 1 is 1.18 bits per heavy atom. The van der Waals surface area contributed by atoms with E-state index < -0.39 is 12.0 Å². The summed E-state index contributed by atoms with van der Waals surface area (Å²) in [6.45, 7) is 3.68. The average molecular weight is 481 g/mol. The van der Waals surface area contributed by atoms with Crippen LogP contribution in [0.4, 0.5) is 0 Å². The Labute approximate surface area is 199 Å². The normalized spacial score (nSPS) is 15.5. The Morgan fingerprint density at radius 2 is 1.91 bits per heavy atom. The fourth-order valence-electron chi connectivity index (χ4n) is 3.83. The number of fused-ring (bicyclic) bond motifs is 1. The molecule has 0 fully saturated rings. The largest absolute Gasteiger partial charge is 0.504 e.